The average Bonchev–Trinajstić information content (AvgIpc) is 3.25. The van der Waals surface area contributed by atoms with Gasteiger partial charge in [-0.25, -0.2) is 12.8 Å². The van der Waals surface area contributed by atoms with Gasteiger partial charge in [0, 0.05) is 19.1 Å². The predicted octanol–water partition coefficient (Wildman–Crippen LogP) is 2.43. The molecule has 0 aromatic heterocycles. The van der Waals surface area contributed by atoms with Crippen molar-refractivity contribution in [2.24, 2.45) is 11.8 Å². The standard InChI is InChI=1S/C22H32FN3O4S/c1-15(2)20(22(28)24-18-7-3-4-8-18)25-21(27)16-6-5-13-26(14-16)31(29,30)19-11-9-17(23)10-12-19/h9-12,15-16,18,20H,3-8,13-14H2,1-2H3,(H,24,28)(H,25,27)/t16-,20-/m1/s1. The molecule has 2 fully saturated rings. The van der Waals surface area contributed by atoms with Crippen LogP contribution in [0.15, 0.2) is 29.2 Å². The van der Waals surface area contributed by atoms with Crippen molar-refractivity contribution in [3.63, 3.8) is 0 Å². The number of carbonyl (C=O) groups excluding carboxylic acids is 2. The van der Waals surface area contributed by atoms with Gasteiger partial charge in [-0.05, 0) is 55.9 Å². The van der Waals surface area contributed by atoms with Crippen LogP contribution in [-0.2, 0) is 19.6 Å². The first-order valence-corrected chi connectivity index (χ1v) is 12.5. The average molecular weight is 454 g/mol. The normalized spacial score (nSPS) is 21.7. The smallest absolute Gasteiger partial charge is 0.243 e. The number of piperidine rings is 1. The first-order chi connectivity index (χ1) is 14.7. The minimum Gasteiger partial charge on any atom is -0.352 e. The van der Waals surface area contributed by atoms with E-state index in [4.69, 9.17) is 0 Å². The summed E-state index contributed by atoms with van der Waals surface area (Å²) in [5.41, 5.74) is 0. The molecule has 1 saturated heterocycles. The van der Waals surface area contributed by atoms with Crippen LogP contribution in [0.2, 0.25) is 0 Å². The molecule has 7 nitrogen and oxygen atoms in total. The molecule has 1 heterocycles. The monoisotopic (exact) mass is 453 g/mol. The van der Waals surface area contributed by atoms with Crippen LogP contribution in [-0.4, -0.2) is 49.7 Å². The Morgan fingerprint density at radius 2 is 1.71 bits per heavy atom. The van der Waals surface area contributed by atoms with Gasteiger partial charge >= 0.3 is 0 Å². The van der Waals surface area contributed by atoms with Gasteiger partial charge in [-0.2, -0.15) is 4.31 Å². The molecule has 1 aromatic carbocycles. The van der Waals surface area contributed by atoms with E-state index in [9.17, 15) is 22.4 Å². The highest BCUT2D eigenvalue weighted by Crippen LogP contribution is 2.24. The Morgan fingerprint density at radius 3 is 2.32 bits per heavy atom. The maximum absolute atomic E-state index is 13.2. The maximum Gasteiger partial charge on any atom is 0.243 e. The Hall–Kier alpha value is -2.00. The summed E-state index contributed by atoms with van der Waals surface area (Å²) in [5, 5.41) is 5.89. The lowest BCUT2D eigenvalue weighted by Gasteiger charge is -2.32. The Balaban J connectivity index is 1.64. The van der Waals surface area contributed by atoms with E-state index in [0.29, 0.717) is 19.4 Å². The number of hydrogen-bond acceptors (Lipinski definition) is 4. The Labute approximate surface area is 183 Å². The summed E-state index contributed by atoms with van der Waals surface area (Å²) in [6.07, 6.45) is 5.22. The minimum atomic E-state index is -3.81. The molecule has 2 N–H and O–H groups in total. The van der Waals surface area contributed by atoms with Crippen LogP contribution in [0.3, 0.4) is 0 Å². The molecule has 0 spiro atoms. The quantitative estimate of drug-likeness (QED) is 0.663. The number of sulfonamides is 1. The molecule has 9 heteroatoms. The van der Waals surface area contributed by atoms with E-state index < -0.39 is 27.8 Å². The SMILES string of the molecule is CC(C)[C@@H](NC(=O)[C@@H]1CCCN(S(=O)(=O)c2ccc(F)cc2)C1)C(=O)NC1CCCC1. The first kappa shape index (κ1) is 23.7. The molecule has 172 valence electrons. The van der Waals surface area contributed by atoms with Crippen molar-refractivity contribution in [1.82, 2.24) is 14.9 Å². The number of carbonyl (C=O) groups is 2. The zero-order valence-corrected chi connectivity index (χ0v) is 19.0. The molecule has 2 amide bonds. The van der Waals surface area contributed by atoms with Crippen molar-refractivity contribution in [3.05, 3.63) is 30.1 Å². The van der Waals surface area contributed by atoms with Crippen molar-refractivity contribution in [1.29, 1.82) is 0 Å². The highest BCUT2D eigenvalue weighted by atomic mass is 32.2. The van der Waals surface area contributed by atoms with Crippen molar-refractivity contribution in [2.45, 2.75) is 69.4 Å². The van der Waals surface area contributed by atoms with E-state index >= 15 is 0 Å². The third kappa shape index (κ3) is 5.83. The summed E-state index contributed by atoms with van der Waals surface area (Å²) in [5.74, 6) is -1.62. The molecule has 3 rings (SSSR count). The lowest BCUT2D eigenvalue weighted by Crippen LogP contribution is -2.54. The van der Waals surface area contributed by atoms with Crippen LogP contribution in [0, 0.1) is 17.7 Å². The summed E-state index contributed by atoms with van der Waals surface area (Å²) < 4.78 is 40.3. The molecule has 31 heavy (non-hydrogen) atoms. The van der Waals surface area contributed by atoms with E-state index in [1.54, 1.807) is 0 Å². The highest BCUT2D eigenvalue weighted by Gasteiger charge is 2.35. The molecule has 1 aliphatic heterocycles. The lowest BCUT2D eigenvalue weighted by molar-refractivity contribution is -0.133. The van der Waals surface area contributed by atoms with Crippen molar-refractivity contribution < 1.29 is 22.4 Å². The summed E-state index contributed by atoms with van der Waals surface area (Å²) in [6.45, 7) is 4.11. The van der Waals surface area contributed by atoms with Crippen LogP contribution in [0.1, 0.15) is 52.4 Å². The number of hydrogen-bond donors (Lipinski definition) is 2. The van der Waals surface area contributed by atoms with Crippen molar-refractivity contribution >= 4 is 21.8 Å². The number of nitrogens with zero attached hydrogens (tertiary/aromatic N) is 1. The van der Waals surface area contributed by atoms with Gasteiger partial charge < -0.3 is 10.6 Å². The van der Waals surface area contributed by atoms with E-state index in [2.05, 4.69) is 10.6 Å². The van der Waals surface area contributed by atoms with Gasteiger partial charge in [0.15, 0.2) is 0 Å². The molecule has 2 aliphatic rings. The fraction of sp³-hybridized carbons (Fsp3) is 0.636. The number of nitrogens with one attached hydrogen (secondary N) is 2. The second-order valence-electron chi connectivity index (χ2n) is 8.88. The zero-order chi connectivity index (χ0) is 22.6. The van der Waals surface area contributed by atoms with Crippen LogP contribution in [0.4, 0.5) is 4.39 Å². The van der Waals surface area contributed by atoms with Crippen molar-refractivity contribution in [3.8, 4) is 0 Å². The molecular weight excluding hydrogens is 421 g/mol. The van der Waals surface area contributed by atoms with Crippen LogP contribution in [0.25, 0.3) is 0 Å². The second-order valence-corrected chi connectivity index (χ2v) is 10.8. The number of rotatable bonds is 7. The predicted molar refractivity (Wildman–Crippen MR) is 115 cm³/mol. The first-order valence-electron chi connectivity index (χ1n) is 11.0. The van der Waals surface area contributed by atoms with Gasteiger partial charge in [0.2, 0.25) is 21.8 Å². The Morgan fingerprint density at radius 1 is 1.06 bits per heavy atom. The molecule has 2 atom stereocenters. The third-order valence-corrected chi connectivity index (χ3v) is 8.03. The summed E-state index contributed by atoms with van der Waals surface area (Å²) >= 11 is 0. The highest BCUT2D eigenvalue weighted by molar-refractivity contribution is 7.89. The second kappa shape index (κ2) is 10.1. The van der Waals surface area contributed by atoms with E-state index in [1.807, 2.05) is 13.8 Å². The number of halogens is 1. The van der Waals surface area contributed by atoms with Gasteiger partial charge in [0.25, 0.3) is 0 Å². The summed E-state index contributed by atoms with van der Waals surface area (Å²) in [7, 11) is -3.81. The number of benzene rings is 1. The van der Waals surface area contributed by atoms with Crippen LogP contribution < -0.4 is 10.6 Å². The van der Waals surface area contributed by atoms with Gasteiger partial charge in [0.05, 0.1) is 10.8 Å². The Kier molecular flexibility index (Phi) is 7.69. The van der Waals surface area contributed by atoms with E-state index in [0.717, 1.165) is 37.8 Å². The molecule has 1 aliphatic carbocycles. The van der Waals surface area contributed by atoms with Gasteiger partial charge in [-0.15, -0.1) is 0 Å². The van der Waals surface area contributed by atoms with Gasteiger partial charge in [0.1, 0.15) is 11.9 Å². The molecule has 0 radical (unpaired) electrons. The summed E-state index contributed by atoms with van der Waals surface area (Å²) in [6, 6.07) is 4.19. The molecule has 1 aromatic rings. The zero-order valence-electron chi connectivity index (χ0n) is 18.1. The van der Waals surface area contributed by atoms with Crippen molar-refractivity contribution in [2.75, 3.05) is 13.1 Å². The fourth-order valence-electron chi connectivity index (χ4n) is 4.30. The minimum absolute atomic E-state index is 0.00552. The fourth-order valence-corrected chi connectivity index (χ4v) is 5.82. The Bertz CT molecular complexity index is 883. The van der Waals surface area contributed by atoms with E-state index in [1.165, 1.54) is 16.4 Å². The number of amides is 2. The van der Waals surface area contributed by atoms with Crippen LogP contribution >= 0.6 is 0 Å². The van der Waals surface area contributed by atoms with Gasteiger partial charge in [-0.3, -0.25) is 9.59 Å². The van der Waals surface area contributed by atoms with Crippen LogP contribution in [0.5, 0.6) is 0 Å². The summed E-state index contributed by atoms with van der Waals surface area (Å²) in [4.78, 5) is 25.7. The molecule has 0 bridgehead atoms. The third-order valence-electron chi connectivity index (χ3n) is 6.15. The molecule has 1 saturated carbocycles. The van der Waals surface area contributed by atoms with E-state index in [-0.39, 0.29) is 35.2 Å². The van der Waals surface area contributed by atoms with Gasteiger partial charge in [-0.1, -0.05) is 26.7 Å². The lowest BCUT2D eigenvalue weighted by atomic mass is 9.96. The topological polar surface area (TPSA) is 95.6 Å². The molecule has 0 unspecified atom stereocenters. The maximum atomic E-state index is 13.2. The largest absolute Gasteiger partial charge is 0.352 e. The molecular formula is C22H32FN3O4S.